The highest BCUT2D eigenvalue weighted by atomic mass is 79.9. The number of nitrogens with one attached hydrogen (secondary N) is 1. The van der Waals surface area contributed by atoms with Crippen LogP contribution in [0.2, 0.25) is 5.02 Å². The third kappa shape index (κ3) is 3.74. The Bertz CT molecular complexity index is 421. The number of benzene rings is 1. The zero-order chi connectivity index (χ0) is 13.8. The molecule has 3 atom stereocenters. The van der Waals surface area contributed by atoms with E-state index in [1.807, 2.05) is 12.1 Å². The van der Waals surface area contributed by atoms with Crippen LogP contribution in [0.1, 0.15) is 50.6 Å². The quantitative estimate of drug-likeness (QED) is 0.752. The second-order valence-corrected chi connectivity index (χ2v) is 6.92. The molecule has 0 saturated heterocycles. The highest BCUT2D eigenvalue weighted by Crippen LogP contribution is 2.40. The van der Waals surface area contributed by atoms with Gasteiger partial charge < -0.3 is 5.32 Å². The Labute approximate surface area is 130 Å². The molecule has 1 aliphatic rings. The van der Waals surface area contributed by atoms with Gasteiger partial charge in [0, 0.05) is 15.5 Å². The van der Waals surface area contributed by atoms with E-state index in [2.05, 4.69) is 41.3 Å². The molecule has 3 unspecified atom stereocenters. The Kier molecular flexibility index (Phi) is 5.73. The van der Waals surface area contributed by atoms with Crippen molar-refractivity contribution in [3.8, 4) is 0 Å². The topological polar surface area (TPSA) is 12.0 Å². The molecule has 0 aromatic heterocycles. The van der Waals surface area contributed by atoms with Crippen LogP contribution in [0.25, 0.3) is 0 Å². The van der Waals surface area contributed by atoms with Crippen LogP contribution in [0.4, 0.5) is 0 Å². The van der Waals surface area contributed by atoms with Crippen molar-refractivity contribution < 1.29 is 0 Å². The second kappa shape index (κ2) is 7.10. The van der Waals surface area contributed by atoms with Gasteiger partial charge in [-0.15, -0.1) is 0 Å². The molecule has 19 heavy (non-hydrogen) atoms. The first-order chi connectivity index (χ1) is 9.15. The van der Waals surface area contributed by atoms with Crippen LogP contribution in [-0.4, -0.2) is 7.05 Å². The highest BCUT2D eigenvalue weighted by Gasteiger charge is 2.28. The summed E-state index contributed by atoms with van der Waals surface area (Å²) in [5.41, 5.74) is 1.34. The summed E-state index contributed by atoms with van der Waals surface area (Å²) in [4.78, 5) is 0. The van der Waals surface area contributed by atoms with Gasteiger partial charge in [-0.1, -0.05) is 59.8 Å². The zero-order valence-corrected chi connectivity index (χ0v) is 14.1. The molecule has 1 N–H and O–H groups in total. The van der Waals surface area contributed by atoms with Crippen LogP contribution in [0.5, 0.6) is 0 Å². The van der Waals surface area contributed by atoms with E-state index < -0.39 is 0 Å². The van der Waals surface area contributed by atoms with Gasteiger partial charge in [-0.25, -0.2) is 0 Å². The zero-order valence-electron chi connectivity index (χ0n) is 11.8. The van der Waals surface area contributed by atoms with Gasteiger partial charge >= 0.3 is 0 Å². The van der Waals surface area contributed by atoms with Crippen molar-refractivity contribution in [2.75, 3.05) is 7.05 Å². The molecule has 0 aliphatic heterocycles. The molecular formula is C16H23BrClN. The Morgan fingerprint density at radius 3 is 2.84 bits per heavy atom. The molecule has 1 aromatic carbocycles. The summed E-state index contributed by atoms with van der Waals surface area (Å²) in [6.45, 7) is 2.32. The first kappa shape index (κ1) is 15.3. The fourth-order valence-electron chi connectivity index (χ4n) is 3.40. The molecule has 1 saturated carbocycles. The minimum absolute atomic E-state index is 0.431. The minimum Gasteiger partial charge on any atom is -0.313 e. The van der Waals surface area contributed by atoms with Gasteiger partial charge in [0.05, 0.1) is 0 Å². The highest BCUT2D eigenvalue weighted by molar-refractivity contribution is 9.10. The fraction of sp³-hybridized carbons (Fsp3) is 0.625. The third-order valence-electron chi connectivity index (χ3n) is 4.48. The predicted octanol–water partition coefficient (Wildman–Crippen LogP) is 5.58. The van der Waals surface area contributed by atoms with Gasteiger partial charge in [0.1, 0.15) is 0 Å². The maximum atomic E-state index is 6.05. The summed E-state index contributed by atoms with van der Waals surface area (Å²) in [6.07, 6.45) is 6.76. The summed E-state index contributed by atoms with van der Waals surface area (Å²) >= 11 is 9.71. The van der Waals surface area contributed by atoms with Gasteiger partial charge in [-0.05, 0) is 49.4 Å². The molecule has 3 heteroatoms. The van der Waals surface area contributed by atoms with E-state index in [-0.39, 0.29) is 0 Å². The third-order valence-corrected chi connectivity index (χ3v) is 5.40. The lowest BCUT2D eigenvalue weighted by Gasteiger charge is -2.35. The predicted molar refractivity (Wildman–Crippen MR) is 86.7 cm³/mol. The standard InChI is InChI=1S/C16H23BrClN/c1-3-11-5-4-6-12(9-11)16(19-2)14-8-7-13(18)10-15(14)17/h7-8,10-12,16,19H,3-6,9H2,1-2H3. The van der Waals surface area contributed by atoms with E-state index in [9.17, 15) is 0 Å². The SMILES string of the molecule is CCC1CCCC(C(NC)c2ccc(Cl)cc2Br)C1. The van der Waals surface area contributed by atoms with Gasteiger partial charge in [-0.3, -0.25) is 0 Å². The first-order valence-electron chi connectivity index (χ1n) is 7.28. The van der Waals surface area contributed by atoms with Gasteiger partial charge in [0.25, 0.3) is 0 Å². The van der Waals surface area contributed by atoms with Crippen LogP contribution in [0.3, 0.4) is 0 Å². The smallest absolute Gasteiger partial charge is 0.0417 e. The molecule has 0 heterocycles. The van der Waals surface area contributed by atoms with Crippen LogP contribution >= 0.6 is 27.5 Å². The van der Waals surface area contributed by atoms with Gasteiger partial charge in [0.15, 0.2) is 0 Å². The molecule has 1 aliphatic carbocycles. The van der Waals surface area contributed by atoms with E-state index >= 15 is 0 Å². The Balaban J connectivity index is 2.19. The Morgan fingerprint density at radius 1 is 1.42 bits per heavy atom. The Hall–Kier alpha value is -0.0500. The molecule has 1 fully saturated rings. The lowest BCUT2D eigenvalue weighted by Crippen LogP contribution is -2.29. The van der Waals surface area contributed by atoms with Crippen molar-refractivity contribution >= 4 is 27.5 Å². The van der Waals surface area contributed by atoms with E-state index in [1.54, 1.807) is 0 Å². The van der Waals surface area contributed by atoms with Crippen molar-refractivity contribution in [3.63, 3.8) is 0 Å². The fourth-order valence-corrected chi connectivity index (χ4v) is 4.33. The molecule has 0 spiro atoms. The summed E-state index contributed by atoms with van der Waals surface area (Å²) in [5, 5.41) is 4.31. The van der Waals surface area contributed by atoms with E-state index in [1.165, 1.54) is 37.7 Å². The Morgan fingerprint density at radius 2 is 2.21 bits per heavy atom. The second-order valence-electron chi connectivity index (χ2n) is 5.63. The molecule has 0 radical (unpaired) electrons. The maximum absolute atomic E-state index is 6.05. The molecular weight excluding hydrogens is 322 g/mol. The van der Waals surface area contributed by atoms with Gasteiger partial charge in [0.2, 0.25) is 0 Å². The minimum atomic E-state index is 0.431. The van der Waals surface area contributed by atoms with Crippen LogP contribution in [-0.2, 0) is 0 Å². The molecule has 0 bridgehead atoms. The van der Waals surface area contributed by atoms with Crippen LogP contribution in [0, 0.1) is 11.8 Å². The van der Waals surface area contributed by atoms with Crippen molar-refractivity contribution in [1.29, 1.82) is 0 Å². The molecule has 106 valence electrons. The van der Waals surface area contributed by atoms with Crippen molar-refractivity contribution in [2.45, 2.75) is 45.1 Å². The summed E-state index contributed by atoms with van der Waals surface area (Å²) in [7, 11) is 2.07. The van der Waals surface area contributed by atoms with Crippen LogP contribution in [0.15, 0.2) is 22.7 Å². The molecule has 1 aromatic rings. The lowest BCUT2D eigenvalue weighted by atomic mass is 9.75. The summed E-state index contributed by atoms with van der Waals surface area (Å²) < 4.78 is 1.12. The summed E-state index contributed by atoms with van der Waals surface area (Å²) in [6, 6.07) is 6.58. The first-order valence-corrected chi connectivity index (χ1v) is 8.45. The number of rotatable bonds is 4. The van der Waals surface area contributed by atoms with Crippen molar-refractivity contribution in [2.24, 2.45) is 11.8 Å². The molecule has 2 rings (SSSR count). The lowest BCUT2D eigenvalue weighted by molar-refractivity contribution is 0.214. The number of hydrogen-bond donors (Lipinski definition) is 1. The maximum Gasteiger partial charge on any atom is 0.0417 e. The van der Waals surface area contributed by atoms with Crippen LogP contribution < -0.4 is 5.32 Å². The number of hydrogen-bond acceptors (Lipinski definition) is 1. The summed E-state index contributed by atoms with van der Waals surface area (Å²) in [5.74, 6) is 1.64. The normalized spacial score (nSPS) is 25.3. The number of halogens is 2. The van der Waals surface area contributed by atoms with E-state index in [0.717, 1.165) is 21.3 Å². The van der Waals surface area contributed by atoms with E-state index in [4.69, 9.17) is 11.6 Å². The monoisotopic (exact) mass is 343 g/mol. The average Bonchev–Trinajstić information content (AvgIpc) is 2.42. The van der Waals surface area contributed by atoms with Gasteiger partial charge in [-0.2, -0.15) is 0 Å². The molecule has 0 amide bonds. The van der Waals surface area contributed by atoms with Crippen molar-refractivity contribution in [3.05, 3.63) is 33.3 Å². The average molecular weight is 345 g/mol. The molecule has 1 nitrogen and oxygen atoms in total. The van der Waals surface area contributed by atoms with Crippen molar-refractivity contribution in [1.82, 2.24) is 5.32 Å². The largest absolute Gasteiger partial charge is 0.313 e. The van der Waals surface area contributed by atoms with E-state index in [0.29, 0.717) is 6.04 Å².